The van der Waals surface area contributed by atoms with Crippen molar-refractivity contribution in [2.45, 2.75) is 38.8 Å². The van der Waals surface area contributed by atoms with E-state index >= 15 is 0 Å². The number of hydrogen-bond donors (Lipinski definition) is 1. The zero-order valence-corrected chi connectivity index (χ0v) is 12.0. The highest BCUT2D eigenvalue weighted by Crippen LogP contribution is 2.14. The number of nitrogens with zero attached hydrogens (tertiary/aromatic N) is 2. The minimum Gasteiger partial charge on any atom is -0.366 e. The van der Waals surface area contributed by atoms with Crippen LogP contribution in [-0.2, 0) is 4.79 Å². The average Bonchev–Trinajstić information content (AvgIpc) is 2.22. The Hall–Kier alpha value is -0.870. The Balaban J connectivity index is 5.19. The lowest BCUT2D eigenvalue weighted by atomic mass is 9.99. The first kappa shape index (κ1) is 16.1. The summed E-state index contributed by atoms with van der Waals surface area (Å²) < 4.78 is 0. The van der Waals surface area contributed by atoms with Crippen molar-refractivity contribution in [3.05, 3.63) is 11.6 Å². The van der Waals surface area contributed by atoms with Crippen molar-refractivity contribution in [3.63, 3.8) is 0 Å². The van der Waals surface area contributed by atoms with Gasteiger partial charge in [-0.05, 0) is 41.0 Å². The maximum absolute atomic E-state index is 11.6. The zero-order valence-electron chi connectivity index (χ0n) is 12.0. The van der Waals surface area contributed by atoms with Crippen LogP contribution in [0.4, 0.5) is 0 Å². The Morgan fingerprint density at radius 1 is 1.12 bits per heavy atom. The van der Waals surface area contributed by atoms with Crippen LogP contribution in [0.3, 0.4) is 0 Å². The topological polar surface area (TPSA) is 49.6 Å². The molecule has 4 heteroatoms. The number of nitrogens with two attached hydrogens (primary N) is 1. The number of carbonyl (C=O) groups excluding carboxylic acids is 1. The Morgan fingerprint density at radius 2 is 1.65 bits per heavy atom. The Labute approximate surface area is 105 Å². The van der Waals surface area contributed by atoms with Crippen molar-refractivity contribution in [2.24, 2.45) is 5.73 Å². The molecule has 0 aromatic heterocycles. The van der Waals surface area contributed by atoms with Gasteiger partial charge in [-0.1, -0.05) is 19.9 Å². The Bertz CT molecular complexity index is 272. The summed E-state index contributed by atoms with van der Waals surface area (Å²) in [5.41, 5.74) is 6.22. The summed E-state index contributed by atoms with van der Waals surface area (Å²) in [4.78, 5) is 15.7. The van der Waals surface area contributed by atoms with Gasteiger partial charge >= 0.3 is 0 Å². The van der Waals surface area contributed by atoms with Gasteiger partial charge in [0.1, 0.15) is 0 Å². The molecule has 0 bridgehead atoms. The van der Waals surface area contributed by atoms with Crippen LogP contribution < -0.4 is 5.73 Å². The molecule has 1 amide bonds. The van der Waals surface area contributed by atoms with Gasteiger partial charge in [0.05, 0.1) is 0 Å². The molecule has 2 N–H and O–H groups in total. The summed E-state index contributed by atoms with van der Waals surface area (Å²) in [7, 11) is 7.98. The highest BCUT2D eigenvalue weighted by molar-refractivity contribution is 5.93. The third-order valence-electron chi connectivity index (χ3n) is 3.11. The second-order valence-electron chi connectivity index (χ2n) is 4.81. The minimum absolute atomic E-state index is 0.0986. The SMILES string of the molecule is CCC(C=C(C(N)=O)C(CC)N(C)C)N(C)C. The summed E-state index contributed by atoms with van der Waals surface area (Å²) in [6, 6.07) is 0.355. The normalized spacial score (nSPS) is 16.4. The summed E-state index contributed by atoms with van der Waals surface area (Å²) in [5.74, 6) is -0.314. The Morgan fingerprint density at radius 3 is 1.88 bits per heavy atom. The molecular formula is C13H27N3O. The first-order valence-corrected chi connectivity index (χ1v) is 6.19. The number of amides is 1. The van der Waals surface area contributed by atoms with Gasteiger partial charge in [0.25, 0.3) is 0 Å². The molecular weight excluding hydrogens is 214 g/mol. The predicted molar refractivity (Wildman–Crippen MR) is 72.8 cm³/mol. The molecule has 0 spiro atoms. The van der Waals surface area contributed by atoms with E-state index in [9.17, 15) is 4.79 Å². The molecule has 0 aromatic rings. The molecule has 100 valence electrons. The van der Waals surface area contributed by atoms with Crippen LogP contribution in [0.2, 0.25) is 0 Å². The highest BCUT2D eigenvalue weighted by atomic mass is 16.1. The van der Waals surface area contributed by atoms with Gasteiger partial charge in [0.15, 0.2) is 0 Å². The van der Waals surface area contributed by atoms with E-state index < -0.39 is 0 Å². The van der Waals surface area contributed by atoms with Crippen LogP contribution in [0, 0.1) is 0 Å². The van der Waals surface area contributed by atoms with Gasteiger partial charge in [-0.25, -0.2) is 0 Å². The van der Waals surface area contributed by atoms with Crippen molar-refractivity contribution in [1.29, 1.82) is 0 Å². The fourth-order valence-corrected chi connectivity index (χ4v) is 2.06. The second kappa shape index (κ2) is 7.45. The Kier molecular flexibility index (Phi) is 7.07. The lowest BCUT2D eigenvalue weighted by Crippen LogP contribution is -2.37. The molecule has 17 heavy (non-hydrogen) atoms. The summed E-state index contributed by atoms with van der Waals surface area (Å²) in [6.07, 6.45) is 3.86. The van der Waals surface area contributed by atoms with Crippen LogP contribution in [-0.4, -0.2) is 56.0 Å². The lowest BCUT2D eigenvalue weighted by molar-refractivity contribution is -0.115. The third kappa shape index (κ3) is 4.88. The minimum atomic E-state index is -0.314. The molecule has 0 saturated carbocycles. The number of primary amides is 1. The van der Waals surface area contributed by atoms with E-state index in [2.05, 4.69) is 18.7 Å². The van der Waals surface area contributed by atoms with Crippen molar-refractivity contribution < 1.29 is 4.79 Å². The second-order valence-corrected chi connectivity index (χ2v) is 4.81. The molecule has 0 radical (unpaired) electrons. The molecule has 4 nitrogen and oxygen atoms in total. The largest absolute Gasteiger partial charge is 0.366 e. The maximum Gasteiger partial charge on any atom is 0.245 e. The van der Waals surface area contributed by atoms with Crippen LogP contribution in [0.1, 0.15) is 26.7 Å². The maximum atomic E-state index is 11.6. The van der Waals surface area contributed by atoms with E-state index in [0.717, 1.165) is 18.4 Å². The molecule has 2 unspecified atom stereocenters. The highest BCUT2D eigenvalue weighted by Gasteiger charge is 2.21. The molecule has 0 aliphatic carbocycles. The van der Waals surface area contributed by atoms with Gasteiger partial charge in [-0.2, -0.15) is 0 Å². The fraction of sp³-hybridized carbons (Fsp3) is 0.769. The molecule has 0 aliphatic rings. The van der Waals surface area contributed by atoms with Crippen molar-refractivity contribution >= 4 is 5.91 Å². The molecule has 2 atom stereocenters. The molecule has 0 saturated heterocycles. The average molecular weight is 241 g/mol. The molecule has 0 aromatic carbocycles. The van der Waals surface area contributed by atoms with E-state index in [-0.39, 0.29) is 18.0 Å². The van der Waals surface area contributed by atoms with Crippen molar-refractivity contribution in [2.75, 3.05) is 28.2 Å². The van der Waals surface area contributed by atoms with E-state index in [4.69, 9.17) is 5.73 Å². The van der Waals surface area contributed by atoms with E-state index in [1.807, 2.05) is 39.2 Å². The fourth-order valence-electron chi connectivity index (χ4n) is 2.06. The van der Waals surface area contributed by atoms with Crippen molar-refractivity contribution in [3.8, 4) is 0 Å². The molecule has 0 rings (SSSR count). The number of likely N-dealkylation sites (N-methyl/N-ethyl adjacent to an activating group) is 2. The zero-order chi connectivity index (χ0) is 13.6. The summed E-state index contributed by atoms with van der Waals surface area (Å²) >= 11 is 0. The number of hydrogen-bond acceptors (Lipinski definition) is 3. The van der Waals surface area contributed by atoms with Gasteiger partial charge in [0, 0.05) is 17.7 Å². The smallest absolute Gasteiger partial charge is 0.245 e. The third-order valence-corrected chi connectivity index (χ3v) is 3.11. The van der Waals surface area contributed by atoms with E-state index in [1.165, 1.54) is 0 Å². The quantitative estimate of drug-likeness (QED) is 0.679. The van der Waals surface area contributed by atoms with Crippen LogP contribution in [0.15, 0.2) is 11.6 Å². The standard InChI is InChI=1S/C13H27N3O/c1-7-10(15(3)4)9-11(13(14)17)12(8-2)16(5)6/h9-10,12H,7-8H2,1-6H3,(H2,14,17). The van der Waals surface area contributed by atoms with E-state index in [1.54, 1.807) is 0 Å². The molecule has 0 aliphatic heterocycles. The first-order chi connectivity index (χ1) is 7.84. The monoisotopic (exact) mass is 241 g/mol. The molecule has 0 heterocycles. The van der Waals surface area contributed by atoms with E-state index in [0.29, 0.717) is 0 Å². The number of carbonyl (C=O) groups is 1. The number of rotatable bonds is 7. The molecule has 0 fully saturated rings. The van der Waals surface area contributed by atoms with Gasteiger partial charge in [-0.3, -0.25) is 4.79 Å². The first-order valence-electron chi connectivity index (χ1n) is 6.19. The van der Waals surface area contributed by atoms with Gasteiger partial charge < -0.3 is 15.5 Å². The van der Waals surface area contributed by atoms with Gasteiger partial charge in [-0.15, -0.1) is 0 Å². The van der Waals surface area contributed by atoms with Crippen molar-refractivity contribution in [1.82, 2.24) is 9.80 Å². The van der Waals surface area contributed by atoms with Crippen LogP contribution in [0.25, 0.3) is 0 Å². The summed E-state index contributed by atoms with van der Waals surface area (Å²) in [6.45, 7) is 4.18. The summed E-state index contributed by atoms with van der Waals surface area (Å²) in [5, 5.41) is 0. The van der Waals surface area contributed by atoms with Crippen LogP contribution >= 0.6 is 0 Å². The van der Waals surface area contributed by atoms with Crippen LogP contribution in [0.5, 0.6) is 0 Å². The lowest BCUT2D eigenvalue weighted by Gasteiger charge is -2.27. The predicted octanol–water partition coefficient (Wildman–Crippen LogP) is 1.08. The van der Waals surface area contributed by atoms with Gasteiger partial charge in [0.2, 0.25) is 5.91 Å².